The molecule has 0 fully saturated rings. The van der Waals surface area contributed by atoms with Crippen molar-refractivity contribution in [3.05, 3.63) is 180 Å². The van der Waals surface area contributed by atoms with Crippen LogP contribution >= 0.6 is 22.7 Å². The first-order valence-electron chi connectivity index (χ1n) is 18.7. The molecule has 8 heteroatoms. The first-order chi connectivity index (χ1) is 28.1. The van der Waals surface area contributed by atoms with Gasteiger partial charge in [0.15, 0.2) is 17.5 Å². The molecule has 11 rings (SSSR count). The Bertz CT molecular complexity index is 3350. The Kier molecular flexibility index (Phi) is 7.98. The van der Waals surface area contributed by atoms with E-state index in [9.17, 15) is 0 Å². The Morgan fingerprint density at radius 1 is 0.526 bits per heavy atom. The highest BCUT2D eigenvalue weighted by Gasteiger charge is 2.20. The van der Waals surface area contributed by atoms with E-state index in [1.807, 2.05) is 72.8 Å². The van der Waals surface area contributed by atoms with E-state index < -0.39 is 0 Å². The summed E-state index contributed by atoms with van der Waals surface area (Å²) in [6, 6.07) is 56.0. The van der Waals surface area contributed by atoms with Crippen molar-refractivity contribution in [3.8, 4) is 34.2 Å². The molecule has 11 aromatic rings. The summed E-state index contributed by atoms with van der Waals surface area (Å²) in [5.41, 5.74) is 13.9. The van der Waals surface area contributed by atoms with Crippen LogP contribution in [-0.2, 0) is 6.42 Å². The lowest BCUT2D eigenvalue weighted by Crippen LogP contribution is -2.12. The van der Waals surface area contributed by atoms with Gasteiger partial charge in [0.2, 0.25) is 0 Å². The zero-order chi connectivity index (χ0) is 37.9. The SMILES string of the molecule is NC(=Nc1c(Cc2ccc3oc4cccc(-c5nc(-c6ccccc6)nc(-c6ccc7c(c6)sc6ccccc67)n5)c4c3c2)sc2ccccc12)c1ccccc1. The number of hydrogen-bond donors (Lipinski definition) is 1. The van der Waals surface area contributed by atoms with Crippen LogP contribution in [0.4, 0.5) is 5.69 Å². The van der Waals surface area contributed by atoms with Crippen molar-refractivity contribution in [2.45, 2.75) is 6.42 Å². The van der Waals surface area contributed by atoms with E-state index in [-0.39, 0.29) is 0 Å². The van der Waals surface area contributed by atoms with Crippen LogP contribution in [0.5, 0.6) is 0 Å². The van der Waals surface area contributed by atoms with Crippen LogP contribution in [0.25, 0.3) is 86.4 Å². The molecule has 0 aliphatic carbocycles. The fraction of sp³-hybridized carbons (Fsp3) is 0.0204. The van der Waals surface area contributed by atoms with Crippen LogP contribution in [0.2, 0.25) is 0 Å². The third-order valence-corrected chi connectivity index (χ3v) is 12.7. The standard InChI is InChI=1S/C49H31N5OS2/c50-46(30-12-3-1-4-13-30)51-45-35-17-8-10-21-41(35)57-43(45)27-29-22-25-38-37(26-29)44-36(18-11-19-39(44)55-38)49-53-47(31-14-5-2-6-15-31)52-48(54-49)32-23-24-34-33-16-7-9-20-40(33)56-42(34)28-32/h1-26,28H,27H2,(H2,50,51). The van der Waals surface area contributed by atoms with Crippen molar-refractivity contribution >= 4 is 86.4 Å². The maximum absolute atomic E-state index is 6.60. The van der Waals surface area contributed by atoms with Crippen LogP contribution in [-0.4, -0.2) is 20.8 Å². The quantitative estimate of drug-likeness (QED) is 0.129. The number of benzene rings is 7. The zero-order valence-corrected chi connectivity index (χ0v) is 32.0. The maximum Gasteiger partial charge on any atom is 0.164 e. The minimum atomic E-state index is 0.497. The summed E-state index contributed by atoms with van der Waals surface area (Å²) in [5, 5.41) is 5.56. The molecule has 0 atom stereocenters. The van der Waals surface area contributed by atoms with Crippen LogP contribution in [0.1, 0.15) is 16.0 Å². The lowest BCUT2D eigenvalue weighted by molar-refractivity contribution is 0.669. The molecule has 2 N–H and O–H groups in total. The van der Waals surface area contributed by atoms with Gasteiger partial charge in [-0.15, -0.1) is 22.7 Å². The molecular weight excluding hydrogens is 739 g/mol. The van der Waals surface area contributed by atoms with Gasteiger partial charge in [0, 0.05) is 74.6 Å². The van der Waals surface area contributed by atoms with Crippen molar-refractivity contribution in [1.29, 1.82) is 0 Å². The number of aliphatic imine (C=N–C) groups is 1. The molecule has 4 heterocycles. The van der Waals surface area contributed by atoms with Gasteiger partial charge in [0.1, 0.15) is 17.0 Å². The minimum Gasteiger partial charge on any atom is -0.456 e. The van der Waals surface area contributed by atoms with Crippen LogP contribution in [0, 0.1) is 0 Å². The largest absolute Gasteiger partial charge is 0.456 e. The van der Waals surface area contributed by atoms with Gasteiger partial charge in [0.05, 0.1) is 5.69 Å². The molecule has 0 aliphatic heterocycles. The number of nitrogens with zero attached hydrogens (tertiary/aromatic N) is 4. The van der Waals surface area contributed by atoms with E-state index in [1.54, 1.807) is 22.7 Å². The molecule has 7 aromatic carbocycles. The summed E-state index contributed by atoms with van der Waals surface area (Å²) < 4.78 is 10.1. The Morgan fingerprint density at radius 3 is 2.04 bits per heavy atom. The summed E-state index contributed by atoms with van der Waals surface area (Å²) in [7, 11) is 0. The lowest BCUT2D eigenvalue weighted by atomic mass is 10.0. The molecule has 0 aliphatic rings. The topological polar surface area (TPSA) is 90.2 Å². The van der Waals surface area contributed by atoms with Gasteiger partial charge in [0.25, 0.3) is 0 Å². The molecule has 0 amide bonds. The van der Waals surface area contributed by atoms with Gasteiger partial charge in [-0.1, -0.05) is 127 Å². The zero-order valence-electron chi connectivity index (χ0n) is 30.4. The van der Waals surface area contributed by atoms with Crippen molar-refractivity contribution < 1.29 is 4.42 Å². The van der Waals surface area contributed by atoms with Gasteiger partial charge < -0.3 is 10.2 Å². The fourth-order valence-corrected chi connectivity index (χ4v) is 10.0. The molecule has 6 nitrogen and oxygen atoms in total. The molecular formula is C49H31N5OS2. The van der Waals surface area contributed by atoms with Gasteiger partial charge in [-0.25, -0.2) is 19.9 Å². The van der Waals surface area contributed by atoms with E-state index in [1.165, 1.54) is 24.9 Å². The van der Waals surface area contributed by atoms with Crippen molar-refractivity contribution in [3.63, 3.8) is 0 Å². The number of fused-ring (bicyclic) bond motifs is 7. The van der Waals surface area contributed by atoms with Crippen LogP contribution < -0.4 is 5.73 Å². The number of rotatable bonds is 7. The second-order valence-corrected chi connectivity index (χ2v) is 16.2. The maximum atomic E-state index is 6.60. The lowest BCUT2D eigenvalue weighted by Gasteiger charge is -2.09. The Labute approximate surface area is 335 Å². The van der Waals surface area contributed by atoms with Gasteiger partial charge >= 0.3 is 0 Å². The monoisotopic (exact) mass is 769 g/mol. The van der Waals surface area contributed by atoms with Crippen molar-refractivity contribution in [2.24, 2.45) is 10.7 Å². The first-order valence-corrected chi connectivity index (χ1v) is 20.3. The average molecular weight is 770 g/mol. The highest BCUT2D eigenvalue weighted by atomic mass is 32.1. The van der Waals surface area contributed by atoms with Crippen molar-refractivity contribution in [2.75, 3.05) is 0 Å². The number of furan rings is 1. The van der Waals surface area contributed by atoms with E-state index in [2.05, 4.69) is 91.0 Å². The number of aromatic nitrogens is 3. The predicted molar refractivity (Wildman–Crippen MR) is 238 cm³/mol. The van der Waals surface area contributed by atoms with Gasteiger partial charge in [-0.05, 0) is 42.0 Å². The smallest absolute Gasteiger partial charge is 0.164 e. The molecule has 57 heavy (non-hydrogen) atoms. The molecule has 0 saturated carbocycles. The Morgan fingerprint density at radius 2 is 1.21 bits per heavy atom. The molecule has 4 aromatic heterocycles. The Hall–Kier alpha value is -7.00. The van der Waals surface area contributed by atoms with E-state index in [0.717, 1.165) is 65.7 Å². The predicted octanol–water partition coefficient (Wildman–Crippen LogP) is 13.0. The summed E-state index contributed by atoms with van der Waals surface area (Å²) in [6.07, 6.45) is 0.680. The fourth-order valence-electron chi connectivity index (χ4n) is 7.68. The Balaban J connectivity index is 1.05. The minimum absolute atomic E-state index is 0.497. The molecule has 0 unspecified atom stereocenters. The van der Waals surface area contributed by atoms with E-state index in [0.29, 0.717) is 29.7 Å². The van der Waals surface area contributed by atoms with E-state index >= 15 is 0 Å². The molecule has 0 saturated heterocycles. The average Bonchev–Trinajstić information content (AvgIpc) is 3.94. The third kappa shape index (κ3) is 5.94. The van der Waals surface area contributed by atoms with Gasteiger partial charge in [-0.2, -0.15) is 0 Å². The molecule has 270 valence electrons. The number of nitrogens with two attached hydrogens (primary N) is 1. The highest BCUT2D eigenvalue weighted by molar-refractivity contribution is 7.25. The summed E-state index contributed by atoms with van der Waals surface area (Å²) in [6.45, 7) is 0. The molecule has 0 radical (unpaired) electrons. The first kappa shape index (κ1) is 33.3. The third-order valence-electron chi connectivity index (χ3n) is 10.4. The van der Waals surface area contributed by atoms with Crippen LogP contribution in [0.15, 0.2) is 173 Å². The molecule has 0 bridgehead atoms. The summed E-state index contributed by atoms with van der Waals surface area (Å²) in [5.74, 6) is 2.32. The number of hydrogen-bond acceptors (Lipinski definition) is 7. The second kappa shape index (κ2) is 13.6. The summed E-state index contributed by atoms with van der Waals surface area (Å²) >= 11 is 3.54. The number of thiophene rings is 2. The second-order valence-electron chi connectivity index (χ2n) is 14.0. The van der Waals surface area contributed by atoms with Crippen molar-refractivity contribution in [1.82, 2.24) is 15.0 Å². The van der Waals surface area contributed by atoms with Gasteiger partial charge in [-0.3, -0.25) is 0 Å². The van der Waals surface area contributed by atoms with E-state index in [4.69, 9.17) is 30.1 Å². The molecule has 0 spiro atoms. The highest BCUT2D eigenvalue weighted by Crippen LogP contribution is 2.42. The normalized spacial score (nSPS) is 12.1. The van der Waals surface area contributed by atoms with Crippen LogP contribution in [0.3, 0.4) is 0 Å². The summed E-state index contributed by atoms with van der Waals surface area (Å²) in [4.78, 5) is 21.5. The number of amidine groups is 1.